The third kappa shape index (κ3) is 4.40. The van der Waals surface area contributed by atoms with Crippen molar-refractivity contribution in [3.8, 4) is 0 Å². The van der Waals surface area contributed by atoms with Crippen molar-refractivity contribution in [2.75, 3.05) is 6.54 Å². The molecular weight excluding hydrogens is 256 g/mol. The van der Waals surface area contributed by atoms with Crippen molar-refractivity contribution >= 4 is 0 Å². The fraction of sp³-hybridized carbons (Fsp3) is 0.421. The largest absolute Gasteiger partial charge is 0.310 e. The van der Waals surface area contributed by atoms with Gasteiger partial charge >= 0.3 is 0 Å². The summed E-state index contributed by atoms with van der Waals surface area (Å²) >= 11 is 0. The molecule has 1 N–H and O–H groups in total. The Balaban J connectivity index is 2.26. The molecule has 0 spiro atoms. The minimum absolute atomic E-state index is 0.333. The molecule has 112 valence electrons. The first-order chi connectivity index (χ1) is 10.1. The Morgan fingerprint density at radius 1 is 1.10 bits per heavy atom. The average Bonchev–Trinajstić information content (AvgIpc) is 2.43. The van der Waals surface area contributed by atoms with Crippen molar-refractivity contribution in [2.24, 2.45) is 0 Å². The van der Waals surface area contributed by atoms with Crippen LogP contribution in [0.25, 0.3) is 0 Å². The lowest BCUT2D eigenvalue weighted by Gasteiger charge is -2.21. The highest BCUT2D eigenvalue weighted by Gasteiger charge is 2.14. The van der Waals surface area contributed by atoms with Gasteiger partial charge in [0.1, 0.15) is 0 Å². The van der Waals surface area contributed by atoms with Crippen LogP contribution < -0.4 is 5.32 Å². The van der Waals surface area contributed by atoms with Gasteiger partial charge in [0.05, 0.1) is 0 Å². The Bertz CT molecular complexity index is 570. The van der Waals surface area contributed by atoms with Gasteiger partial charge in [-0.3, -0.25) is 4.98 Å². The molecule has 0 aliphatic carbocycles. The van der Waals surface area contributed by atoms with Crippen LogP contribution in [0.4, 0.5) is 0 Å². The molecule has 0 aliphatic rings. The molecule has 0 fully saturated rings. The molecule has 2 rings (SSSR count). The Morgan fingerprint density at radius 2 is 1.81 bits per heavy atom. The highest BCUT2D eigenvalue weighted by Crippen LogP contribution is 2.22. The van der Waals surface area contributed by atoms with Crippen LogP contribution in [-0.4, -0.2) is 11.5 Å². The second-order valence-electron chi connectivity index (χ2n) is 5.88. The standard InChI is InChI=1S/C19H26N2/c1-5-8-21-19(18-7-6-9-20-16(18)4)13-17-11-14(2)10-15(3)12-17/h6-7,9-12,19,21H,5,8,13H2,1-4H3. The summed E-state index contributed by atoms with van der Waals surface area (Å²) in [6, 6.07) is 11.4. The van der Waals surface area contributed by atoms with E-state index in [1.54, 1.807) is 0 Å². The summed E-state index contributed by atoms with van der Waals surface area (Å²) in [4.78, 5) is 4.44. The molecule has 2 aromatic rings. The van der Waals surface area contributed by atoms with E-state index in [2.05, 4.69) is 62.3 Å². The number of aryl methyl sites for hydroxylation is 3. The van der Waals surface area contributed by atoms with Gasteiger partial charge in [0.15, 0.2) is 0 Å². The number of nitrogens with one attached hydrogen (secondary N) is 1. The van der Waals surface area contributed by atoms with Gasteiger partial charge in [-0.15, -0.1) is 0 Å². The Labute approximate surface area is 128 Å². The van der Waals surface area contributed by atoms with E-state index in [1.165, 1.54) is 22.3 Å². The molecule has 1 aromatic carbocycles. The number of benzene rings is 1. The zero-order valence-corrected chi connectivity index (χ0v) is 13.6. The lowest BCUT2D eigenvalue weighted by atomic mass is 9.95. The van der Waals surface area contributed by atoms with E-state index >= 15 is 0 Å². The van der Waals surface area contributed by atoms with Crippen molar-refractivity contribution in [2.45, 2.75) is 46.6 Å². The molecular formula is C19H26N2. The van der Waals surface area contributed by atoms with Crippen LogP contribution in [0.2, 0.25) is 0 Å². The van der Waals surface area contributed by atoms with E-state index in [9.17, 15) is 0 Å². The van der Waals surface area contributed by atoms with Gasteiger partial charge in [0, 0.05) is 17.9 Å². The highest BCUT2D eigenvalue weighted by atomic mass is 14.9. The van der Waals surface area contributed by atoms with Crippen molar-refractivity contribution in [3.63, 3.8) is 0 Å². The zero-order valence-electron chi connectivity index (χ0n) is 13.6. The first-order valence-corrected chi connectivity index (χ1v) is 7.82. The van der Waals surface area contributed by atoms with Crippen molar-refractivity contribution in [1.82, 2.24) is 10.3 Å². The first kappa shape index (κ1) is 15.7. The van der Waals surface area contributed by atoms with Gasteiger partial charge in [0.25, 0.3) is 0 Å². The van der Waals surface area contributed by atoms with E-state index in [0.29, 0.717) is 6.04 Å². The minimum atomic E-state index is 0.333. The Kier molecular flexibility index (Phi) is 5.51. The number of hydrogen-bond acceptors (Lipinski definition) is 2. The lowest BCUT2D eigenvalue weighted by Crippen LogP contribution is -2.25. The SMILES string of the molecule is CCCNC(Cc1cc(C)cc(C)c1)c1cccnc1C. The van der Waals surface area contributed by atoms with Crippen LogP contribution >= 0.6 is 0 Å². The molecule has 1 heterocycles. The maximum Gasteiger partial charge on any atom is 0.0420 e. The Hall–Kier alpha value is -1.67. The smallest absolute Gasteiger partial charge is 0.0420 e. The summed E-state index contributed by atoms with van der Waals surface area (Å²) < 4.78 is 0. The van der Waals surface area contributed by atoms with Crippen LogP contribution in [-0.2, 0) is 6.42 Å². The summed E-state index contributed by atoms with van der Waals surface area (Å²) in [7, 11) is 0. The minimum Gasteiger partial charge on any atom is -0.310 e. The number of aromatic nitrogens is 1. The quantitative estimate of drug-likeness (QED) is 0.855. The van der Waals surface area contributed by atoms with E-state index in [0.717, 1.165) is 25.1 Å². The second-order valence-corrected chi connectivity index (χ2v) is 5.88. The molecule has 1 unspecified atom stereocenters. The van der Waals surface area contributed by atoms with Crippen LogP contribution in [0, 0.1) is 20.8 Å². The molecule has 0 saturated carbocycles. The van der Waals surface area contributed by atoms with Gasteiger partial charge in [-0.2, -0.15) is 0 Å². The van der Waals surface area contributed by atoms with Crippen molar-refractivity contribution in [3.05, 3.63) is 64.5 Å². The lowest BCUT2D eigenvalue weighted by molar-refractivity contribution is 0.525. The summed E-state index contributed by atoms with van der Waals surface area (Å²) in [6.45, 7) is 9.67. The summed E-state index contributed by atoms with van der Waals surface area (Å²) in [5.74, 6) is 0. The molecule has 0 radical (unpaired) electrons. The van der Waals surface area contributed by atoms with Crippen LogP contribution in [0.5, 0.6) is 0 Å². The molecule has 1 atom stereocenters. The summed E-state index contributed by atoms with van der Waals surface area (Å²) in [5.41, 5.74) is 6.49. The van der Waals surface area contributed by atoms with Gasteiger partial charge in [-0.25, -0.2) is 0 Å². The first-order valence-electron chi connectivity index (χ1n) is 7.82. The third-order valence-electron chi connectivity index (χ3n) is 3.79. The predicted octanol–water partition coefficient (Wildman–Crippen LogP) is 4.29. The molecule has 21 heavy (non-hydrogen) atoms. The van der Waals surface area contributed by atoms with E-state index in [-0.39, 0.29) is 0 Å². The van der Waals surface area contributed by atoms with Gasteiger partial charge < -0.3 is 5.32 Å². The molecule has 0 saturated heterocycles. The maximum atomic E-state index is 4.44. The third-order valence-corrected chi connectivity index (χ3v) is 3.79. The second kappa shape index (κ2) is 7.37. The van der Waals surface area contributed by atoms with Crippen molar-refractivity contribution < 1.29 is 0 Å². The topological polar surface area (TPSA) is 24.9 Å². The molecule has 0 amide bonds. The maximum absolute atomic E-state index is 4.44. The number of nitrogens with zero attached hydrogens (tertiary/aromatic N) is 1. The van der Waals surface area contributed by atoms with Crippen LogP contribution in [0.1, 0.15) is 47.3 Å². The normalized spacial score (nSPS) is 12.4. The van der Waals surface area contributed by atoms with Crippen LogP contribution in [0.3, 0.4) is 0 Å². The molecule has 2 heteroatoms. The number of pyridine rings is 1. The van der Waals surface area contributed by atoms with E-state index in [4.69, 9.17) is 0 Å². The van der Waals surface area contributed by atoms with Gasteiger partial charge in [0.2, 0.25) is 0 Å². The average molecular weight is 282 g/mol. The summed E-state index contributed by atoms with van der Waals surface area (Å²) in [5, 5.41) is 3.67. The highest BCUT2D eigenvalue weighted by molar-refractivity contribution is 5.31. The predicted molar refractivity (Wildman–Crippen MR) is 89.6 cm³/mol. The number of hydrogen-bond donors (Lipinski definition) is 1. The van der Waals surface area contributed by atoms with E-state index in [1.807, 2.05) is 12.3 Å². The van der Waals surface area contributed by atoms with Crippen molar-refractivity contribution in [1.29, 1.82) is 0 Å². The van der Waals surface area contributed by atoms with Gasteiger partial charge in [-0.1, -0.05) is 42.3 Å². The molecule has 0 aliphatic heterocycles. The monoisotopic (exact) mass is 282 g/mol. The zero-order chi connectivity index (χ0) is 15.2. The fourth-order valence-corrected chi connectivity index (χ4v) is 2.90. The number of rotatable bonds is 6. The summed E-state index contributed by atoms with van der Waals surface area (Å²) in [6.07, 6.45) is 4.02. The molecule has 0 bridgehead atoms. The Morgan fingerprint density at radius 3 is 2.43 bits per heavy atom. The van der Waals surface area contributed by atoms with E-state index < -0.39 is 0 Å². The molecule has 1 aromatic heterocycles. The fourth-order valence-electron chi connectivity index (χ4n) is 2.90. The van der Waals surface area contributed by atoms with Crippen LogP contribution in [0.15, 0.2) is 36.5 Å². The van der Waals surface area contributed by atoms with Gasteiger partial charge in [-0.05, 0) is 57.4 Å². The molecule has 2 nitrogen and oxygen atoms in total.